The fourth-order valence-electron chi connectivity index (χ4n) is 3.14. The number of carboxylic acids is 1. The van der Waals surface area contributed by atoms with Gasteiger partial charge in [0.1, 0.15) is 11.9 Å². The summed E-state index contributed by atoms with van der Waals surface area (Å²) < 4.78 is 6.16. The number of nitrogens with one attached hydrogen (secondary N) is 1. The first-order valence-electron chi connectivity index (χ1n) is 8.78. The molecule has 0 aliphatic carbocycles. The third-order valence-electron chi connectivity index (χ3n) is 4.53. The lowest BCUT2D eigenvalue weighted by atomic mass is 9.96. The zero-order valence-corrected chi connectivity index (χ0v) is 15.6. The lowest BCUT2D eigenvalue weighted by molar-refractivity contribution is 0.0697. The molecule has 0 aromatic heterocycles. The molecule has 0 radical (unpaired) electrons. The second-order valence-corrected chi connectivity index (χ2v) is 6.79. The van der Waals surface area contributed by atoms with Crippen LogP contribution in [0.25, 0.3) is 0 Å². The fraction of sp³-hybridized carbons (Fsp3) is 0.0909. The van der Waals surface area contributed by atoms with Crippen LogP contribution >= 0.6 is 11.6 Å². The Morgan fingerprint density at radius 2 is 1.82 bits per heavy atom. The zero-order chi connectivity index (χ0) is 19.5. The van der Waals surface area contributed by atoms with Gasteiger partial charge in [-0.3, -0.25) is 5.43 Å². The van der Waals surface area contributed by atoms with Gasteiger partial charge in [-0.15, -0.1) is 0 Å². The van der Waals surface area contributed by atoms with Crippen LogP contribution in [-0.4, -0.2) is 16.8 Å². The van der Waals surface area contributed by atoms with Crippen LogP contribution in [0.1, 0.15) is 34.0 Å². The highest BCUT2D eigenvalue weighted by Crippen LogP contribution is 2.35. The van der Waals surface area contributed by atoms with Crippen molar-refractivity contribution in [1.29, 1.82) is 0 Å². The van der Waals surface area contributed by atoms with E-state index < -0.39 is 5.97 Å². The number of hydrogen-bond donors (Lipinski definition) is 2. The van der Waals surface area contributed by atoms with E-state index in [1.165, 1.54) is 12.1 Å². The summed E-state index contributed by atoms with van der Waals surface area (Å²) in [5, 5.41) is 14.0. The van der Waals surface area contributed by atoms with Crippen LogP contribution in [0.15, 0.2) is 77.9 Å². The van der Waals surface area contributed by atoms with Gasteiger partial charge in [0.05, 0.1) is 22.0 Å². The van der Waals surface area contributed by atoms with Crippen LogP contribution in [0, 0.1) is 0 Å². The Kier molecular flexibility index (Phi) is 5.00. The molecule has 0 saturated heterocycles. The second kappa shape index (κ2) is 7.74. The zero-order valence-electron chi connectivity index (χ0n) is 14.8. The maximum absolute atomic E-state index is 11.3. The third kappa shape index (κ3) is 3.70. The van der Waals surface area contributed by atoms with Crippen molar-refractivity contribution in [3.05, 3.63) is 94.5 Å². The standard InChI is InChI=1S/C22H17ClN2O3/c23-18-11-10-15(12-17(18)22(26)27)24-25-19-13-21(14-6-2-1-3-7-14)28-20-9-5-4-8-16(19)20/h1-12,21,24H,13H2,(H,26,27)/t21-/m0/s1. The molecule has 3 aromatic rings. The number of nitrogens with zero attached hydrogens (tertiary/aromatic N) is 1. The molecule has 1 aliphatic heterocycles. The van der Waals surface area contributed by atoms with Crippen LogP contribution in [0.3, 0.4) is 0 Å². The second-order valence-electron chi connectivity index (χ2n) is 6.39. The first-order chi connectivity index (χ1) is 13.6. The molecule has 0 amide bonds. The van der Waals surface area contributed by atoms with E-state index in [-0.39, 0.29) is 16.7 Å². The number of hydrazone groups is 1. The fourth-order valence-corrected chi connectivity index (χ4v) is 3.34. The van der Waals surface area contributed by atoms with Gasteiger partial charge >= 0.3 is 5.97 Å². The van der Waals surface area contributed by atoms with Gasteiger partial charge in [0.2, 0.25) is 0 Å². The summed E-state index contributed by atoms with van der Waals surface area (Å²) in [6, 6.07) is 22.4. The average molecular weight is 393 g/mol. The summed E-state index contributed by atoms with van der Waals surface area (Å²) in [5.41, 5.74) is 6.36. The largest absolute Gasteiger partial charge is 0.485 e. The summed E-state index contributed by atoms with van der Waals surface area (Å²) in [5.74, 6) is -0.313. The number of aromatic carboxylic acids is 1. The van der Waals surface area contributed by atoms with Gasteiger partial charge < -0.3 is 9.84 Å². The highest BCUT2D eigenvalue weighted by atomic mass is 35.5. The Bertz CT molecular complexity index is 1050. The van der Waals surface area contributed by atoms with Gasteiger partial charge in [-0.05, 0) is 35.9 Å². The molecular formula is C22H17ClN2O3. The molecule has 1 heterocycles. The van der Waals surface area contributed by atoms with Crippen molar-refractivity contribution in [2.75, 3.05) is 5.43 Å². The first kappa shape index (κ1) is 18.1. The number of halogens is 1. The number of anilines is 1. The summed E-state index contributed by atoms with van der Waals surface area (Å²) in [7, 11) is 0. The molecule has 4 rings (SSSR count). The minimum Gasteiger partial charge on any atom is -0.485 e. The number of hydrogen-bond acceptors (Lipinski definition) is 4. The lowest BCUT2D eigenvalue weighted by Crippen LogP contribution is -2.21. The van der Waals surface area contributed by atoms with Crippen LogP contribution in [0.2, 0.25) is 5.02 Å². The van der Waals surface area contributed by atoms with Gasteiger partial charge in [-0.2, -0.15) is 5.10 Å². The topological polar surface area (TPSA) is 70.9 Å². The number of carboxylic acid groups (broad SMARTS) is 1. The van der Waals surface area contributed by atoms with E-state index in [4.69, 9.17) is 16.3 Å². The molecule has 0 bridgehead atoms. The molecule has 1 atom stereocenters. The Hall–Kier alpha value is -3.31. The van der Waals surface area contributed by atoms with Crippen molar-refractivity contribution < 1.29 is 14.6 Å². The van der Waals surface area contributed by atoms with Gasteiger partial charge in [0.25, 0.3) is 0 Å². The van der Waals surface area contributed by atoms with E-state index in [0.717, 1.165) is 22.6 Å². The summed E-state index contributed by atoms with van der Waals surface area (Å²) in [4.78, 5) is 11.3. The highest BCUT2D eigenvalue weighted by Gasteiger charge is 2.26. The maximum atomic E-state index is 11.3. The van der Waals surface area contributed by atoms with Crippen molar-refractivity contribution in [3.8, 4) is 5.75 Å². The summed E-state index contributed by atoms with van der Waals surface area (Å²) >= 11 is 5.93. The maximum Gasteiger partial charge on any atom is 0.337 e. The molecule has 0 fully saturated rings. The highest BCUT2D eigenvalue weighted by molar-refractivity contribution is 6.33. The lowest BCUT2D eigenvalue weighted by Gasteiger charge is -2.27. The Morgan fingerprint density at radius 3 is 2.61 bits per heavy atom. The van der Waals surface area contributed by atoms with E-state index in [2.05, 4.69) is 10.5 Å². The molecule has 5 nitrogen and oxygen atoms in total. The van der Waals surface area contributed by atoms with E-state index in [1.807, 2.05) is 54.6 Å². The van der Waals surface area contributed by atoms with Gasteiger partial charge in [-0.25, -0.2) is 4.79 Å². The van der Waals surface area contributed by atoms with Crippen LogP contribution in [0.4, 0.5) is 5.69 Å². The smallest absolute Gasteiger partial charge is 0.337 e. The van der Waals surface area contributed by atoms with E-state index in [9.17, 15) is 9.90 Å². The molecule has 0 saturated carbocycles. The normalized spacial score (nSPS) is 16.9. The number of ether oxygens (including phenoxy) is 1. The number of rotatable bonds is 4. The Morgan fingerprint density at radius 1 is 1.07 bits per heavy atom. The Labute approximate surface area is 167 Å². The van der Waals surface area contributed by atoms with Gasteiger partial charge in [0.15, 0.2) is 0 Å². The number of benzene rings is 3. The molecule has 1 aliphatic rings. The molecule has 2 N–H and O–H groups in total. The average Bonchev–Trinajstić information content (AvgIpc) is 2.73. The molecule has 140 valence electrons. The van der Waals surface area contributed by atoms with Crippen molar-refractivity contribution in [3.63, 3.8) is 0 Å². The predicted octanol–water partition coefficient (Wildman–Crippen LogP) is 5.38. The monoisotopic (exact) mass is 392 g/mol. The summed E-state index contributed by atoms with van der Waals surface area (Å²) in [6.07, 6.45) is 0.449. The van der Waals surface area contributed by atoms with E-state index in [1.54, 1.807) is 6.07 Å². The molecular weight excluding hydrogens is 376 g/mol. The quantitative estimate of drug-likeness (QED) is 0.585. The van der Waals surface area contributed by atoms with Crippen LogP contribution < -0.4 is 10.2 Å². The van der Waals surface area contributed by atoms with Crippen molar-refractivity contribution in [1.82, 2.24) is 0 Å². The minimum atomic E-state index is -1.08. The van der Waals surface area contributed by atoms with Crippen LogP contribution in [-0.2, 0) is 0 Å². The number of para-hydroxylation sites is 1. The molecule has 28 heavy (non-hydrogen) atoms. The molecule has 0 spiro atoms. The number of carbonyl (C=O) groups is 1. The van der Waals surface area contributed by atoms with Gasteiger partial charge in [0, 0.05) is 12.0 Å². The molecule has 3 aromatic carbocycles. The predicted molar refractivity (Wildman–Crippen MR) is 109 cm³/mol. The SMILES string of the molecule is O=C(O)c1cc(NN=C2C[C@@H](c3ccccc3)Oc3ccccc32)ccc1Cl. The van der Waals surface area contributed by atoms with Crippen molar-refractivity contribution in [2.45, 2.75) is 12.5 Å². The number of fused-ring (bicyclic) bond motifs is 1. The summed E-state index contributed by atoms with van der Waals surface area (Å²) in [6.45, 7) is 0. The minimum absolute atomic E-state index is 0.0291. The Balaban J connectivity index is 1.66. The van der Waals surface area contributed by atoms with E-state index in [0.29, 0.717) is 12.1 Å². The molecule has 6 heteroatoms. The first-order valence-corrected chi connectivity index (χ1v) is 9.16. The van der Waals surface area contributed by atoms with Crippen molar-refractivity contribution >= 4 is 29.0 Å². The van der Waals surface area contributed by atoms with Crippen molar-refractivity contribution in [2.24, 2.45) is 5.10 Å². The van der Waals surface area contributed by atoms with E-state index >= 15 is 0 Å². The van der Waals surface area contributed by atoms with Crippen LogP contribution in [0.5, 0.6) is 5.75 Å². The van der Waals surface area contributed by atoms with Gasteiger partial charge in [-0.1, -0.05) is 54.1 Å². The third-order valence-corrected chi connectivity index (χ3v) is 4.86. The molecule has 0 unspecified atom stereocenters.